The van der Waals surface area contributed by atoms with E-state index >= 15 is 0 Å². The highest BCUT2D eigenvalue weighted by Gasteiger charge is 2.19. The van der Waals surface area contributed by atoms with Crippen LogP contribution in [0, 0.1) is 6.92 Å². The first-order valence-electron chi connectivity index (χ1n) is 4.69. The van der Waals surface area contributed by atoms with Crippen LogP contribution in [-0.4, -0.2) is 17.8 Å². The Morgan fingerprint density at radius 1 is 1.47 bits per heavy atom. The monoisotopic (exact) mass is 230 g/mol. The van der Waals surface area contributed by atoms with E-state index < -0.39 is 7.60 Å². The molecule has 0 radical (unpaired) electrons. The molecule has 0 amide bonds. The highest BCUT2D eigenvalue weighted by Crippen LogP contribution is 2.41. The molecule has 1 N–H and O–H groups in total. The van der Waals surface area contributed by atoms with Gasteiger partial charge in [0.2, 0.25) is 0 Å². The van der Waals surface area contributed by atoms with E-state index in [9.17, 15) is 9.46 Å². The maximum absolute atomic E-state index is 11.3. The van der Waals surface area contributed by atoms with Crippen molar-refractivity contribution >= 4 is 7.60 Å². The van der Waals surface area contributed by atoms with Gasteiger partial charge >= 0.3 is 7.60 Å². The van der Waals surface area contributed by atoms with Crippen LogP contribution in [0.15, 0.2) is 24.3 Å². The molecule has 0 heterocycles. The maximum atomic E-state index is 11.3. The predicted molar refractivity (Wildman–Crippen MR) is 58.1 cm³/mol. The molecule has 84 valence electrons. The molecule has 1 atom stereocenters. The number of aryl methyl sites for hydroxylation is 1. The molecule has 15 heavy (non-hydrogen) atoms. The summed E-state index contributed by atoms with van der Waals surface area (Å²) < 4.78 is 21.1. The van der Waals surface area contributed by atoms with E-state index in [1.807, 2.05) is 19.1 Å². The van der Waals surface area contributed by atoms with Crippen LogP contribution in [0.5, 0.6) is 5.75 Å². The Bertz CT molecular complexity index is 364. The van der Waals surface area contributed by atoms with Crippen molar-refractivity contribution < 1.29 is 18.7 Å². The van der Waals surface area contributed by atoms with Gasteiger partial charge < -0.3 is 14.2 Å². The first kappa shape index (κ1) is 12.2. The van der Waals surface area contributed by atoms with E-state index in [0.29, 0.717) is 5.75 Å². The second-order valence-electron chi connectivity index (χ2n) is 3.15. The molecule has 0 saturated heterocycles. The molecule has 1 aromatic carbocycles. The summed E-state index contributed by atoms with van der Waals surface area (Å²) in [7, 11) is -3.60. The van der Waals surface area contributed by atoms with Crippen LogP contribution >= 0.6 is 7.60 Å². The Kier molecular flexibility index (Phi) is 4.33. The van der Waals surface area contributed by atoms with Crippen LogP contribution in [0.25, 0.3) is 0 Å². The van der Waals surface area contributed by atoms with Gasteiger partial charge in [0.15, 0.2) is 6.35 Å². The molecule has 1 rings (SSSR count). The fourth-order valence-electron chi connectivity index (χ4n) is 1.10. The summed E-state index contributed by atoms with van der Waals surface area (Å²) in [6, 6.07) is 7.28. The summed E-state index contributed by atoms with van der Waals surface area (Å²) in [6.07, 6.45) is -0.315. The van der Waals surface area contributed by atoms with Crippen LogP contribution in [0.2, 0.25) is 0 Å². The Hall–Kier alpha value is -0.830. The van der Waals surface area contributed by atoms with E-state index in [0.717, 1.165) is 5.56 Å². The van der Waals surface area contributed by atoms with Crippen LogP contribution in [0.3, 0.4) is 0 Å². The summed E-state index contributed by atoms with van der Waals surface area (Å²) in [5.41, 5.74) is 1.04. The minimum absolute atomic E-state index is 0.199. The van der Waals surface area contributed by atoms with Crippen molar-refractivity contribution in [1.82, 2.24) is 0 Å². The van der Waals surface area contributed by atoms with Crippen LogP contribution in [-0.2, 0) is 9.09 Å². The Morgan fingerprint density at radius 2 is 2.20 bits per heavy atom. The van der Waals surface area contributed by atoms with Crippen LogP contribution in [0.4, 0.5) is 0 Å². The molecule has 0 aliphatic carbocycles. The fourth-order valence-corrected chi connectivity index (χ4v) is 1.89. The Morgan fingerprint density at radius 3 is 2.80 bits per heavy atom. The number of ether oxygens (including phenoxy) is 1. The summed E-state index contributed by atoms with van der Waals surface area (Å²) in [6.45, 7) is 3.79. The minimum atomic E-state index is -3.60. The zero-order valence-electron chi connectivity index (χ0n) is 8.84. The van der Waals surface area contributed by atoms with E-state index in [2.05, 4.69) is 4.52 Å². The van der Waals surface area contributed by atoms with Gasteiger partial charge in [0.05, 0.1) is 6.61 Å². The maximum Gasteiger partial charge on any atom is 0.365 e. The molecule has 1 unspecified atom stereocenters. The van der Waals surface area contributed by atoms with Crippen molar-refractivity contribution in [1.29, 1.82) is 0 Å². The molecule has 0 bridgehead atoms. The first-order valence-corrected chi connectivity index (χ1v) is 6.45. The molecular weight excluding hydrogens is 215 g/mol. The second kappa shape index (κ2) is 5.31. The van der Waals surface area contributed by atoms with Gasteiger partial charge in [-0.05, 0) is 31.5 Å². The average molecular weight is 230 g/mol. The lowest BCUT2D eigenvalue weighted by Gasteiger charge is -2.12. The summed E-state index contributed by atoms with van der Waals surface area (Å²) >= 11 is 0. The van der Waals surface area contributed by atoms with E-state index in [1.54, 1.807) is 19.1 Å². The number of rotatable bonds is 5. The number of hydrogen-bond acceptors (Lipinski definition) is 3. The van der Waals surface area contributed by atoms with Gasteiger partial charge in [0, 0.05) is 0 Å². The van der Waals surface area contributed by atoms with Gasteiger partial charge in [-0.1, -0.05) is 12.1 Å². The normalized spacial score (nSPS) is 14.6. The topological polar surface area (TPSA) is 55.8 Å². The fraction of sp³-hybridized carbons (Fsp3) is 0.400. The molecule has 0 aliphatic rings. The number of benzene rings is 1. The zero-order chi connectivity index (χ0) is 11.3. The highest BCUT2D eigenvalue weighted by atomic mass is 31.2. The van der Waals surface area contributed by atoms with Gasteiger partial charge in [-0.2, -0.15) is 0 Å². The molecule has 0 saturated carbocycles. The highest BCUT2D eigenvalue weighted by molar-refractivity contribution is 7.52. The minimum Gasteiger partial charge on any atom is -0.481 e. The van der Waals surface area contributed by atoms with Gasteiger partial charge in [0.1, 0.15) is 5.75 Å². The van der Waals surface area contributed by atoms with Gasteiger partial charge in [0.25, 0.3) is 0 Å². The average Bonchev–Trinajstić information content (AvgIpc) is 2.15. The van der Waals surface area contributed by atoms with Crippen LogP contribution in [0.1, 0.15) is 12.5 Å². The van der Waals surface area contributed by atoms with Crippen molar-refractivity contribution in [2.45, 2.75) is 13.8 Å². The lowest BCUT2D eigenvalue weighted by atomic mass is 10.2. The van der Waals surface area contributed by atoms with Crippen LogP contribution < -0.4 is 4.74 Å². The quantitative estimate of drug-likeness (QED) is 0.790. The smallest absolute Gasteiger partial charge is 0.365 e. The third-order valence-corrected chi connectivity index (χ3v) is 2.83. The van der Waals surface area contributed by atoms with E-state index in [-0.39, 0.29) is 13.0 Å². The first-order chi connectivity index (χ1) is 7.03. The third-order valence-electron chi connectivity index (χ3n) is 1.71. The van der Waals surface area contributed by atoms with Crippen molar-refractivity contribution in [3.8, 4) is 5.75 Å². The molecule has 0 aliphatic heterocycles. The second-order valence-corrected chi connectivity index (χ2v) is 4.94. The van der Waals surface area contributed by atoms with Gasteiger partial charge in [-0.3, -0.25) is 4.57 Å². The Labute approximate surface area is 89.4 Å². The van der Waals surface area contributed by atoms with Crippen molar-refractivity contribution in [2.75, 3.05) is 13.0 Å². The molecule has 4 nitrogen and oxygen atoms in total. The van der Waals surface area contributed by atoms with E-state index in [4.69, 9.17) is 4.74 Å². The zero-order valence-corrected chi connectivity index (χ0v) is 9.74. The molecule has 1 aromatic rings. The molecule has 5 heteroatoms. The summed E-state index contributed by atoms with van der Waals surface area (Å²) in [4.78, 5) is 9.25. The predicted octanol–water partition coefficient (Wildman–Crippen LogP) is 2.55. The van der Waals surface area contributed by atoms with Crippen molar-refractivity contribution in [3.05, 3.63) is 29.8 Å². The van der Waals surface area contributed by atoms with Gasteiger partial charge in [-0.25, -0.2) is 0 Å². The molecule has 0 fully saturated rings. The van der Waals surface area contributed by atoms with Gasteiger partial charge in [-0.15, -0.1) is 0 Å². The lowest BCUT2D eigenvalue weighted by molar-refractivity contribution is 0.241. The standard InChI is InChI=1S/C10H15O4P/c1-3-14-15(11,12)8-13-10-6-4-5-9(2)7-10/h4-7H,3,8H2,1-2H3,(H,11,12). The Balaban J connectivity index is 2.53. The van der Waals surface area contributed by atoms with Crippen molar-refractivity contribution in [2.24, 2.45) is 0 Å². The molecule has 0 spiro atoms. The summed E-state index contributed by atoms with van der Waals surface area (Å²) in [5, 5.41) is 0. The molecular formula is C10H15O4P. The number of hydrogen-bond donors (Lipinski definition) is 1. The summed E-state index contributed by atoms with van der Waals surface area (Å²) in [5.74, 6) is 0.573. The lowest BCUT2D eigenvalue weighted by Crippen LogP contribution is -2.01. The third kappa shape index (κ3) is 4.47. The van der Waals surface area contributed by atoms with Crippen molar-refractivity contribution in [3.63, 3.8) is 0 Å². The SMILES string of the molecule is CCOP(=O)(O)COc1cccc(C)c1. The van der Waals surface area contributed by atoms with E-state index in [1.165, 1.54) is 0 Å². The largest absolute Gasteiger partial charge is 0.481 e. The molecule has 0 aromatic heterocycles.